The zero-order chi connectivity index (χ0) is 24.3. The van der Waals surface area contributed by atoms with Gasteiger partial charge in [-0.05, 0) is 63.5 Å². The molecule has 0 aliphatic carbocycles. The SMILES string of the molecule is CC(C)CC(NC(=O)C(CCCCN)NC(=O)C(NC(=O)C1CCCN1)C(C)C)C(=O)O. The minimum Gasteiger partial charge on any atom is -0.480 e. The predicted molar refractivity (Wildman–Crippen MR) is 122 cm³/mol. The fraction of sp³-hybridized carbons (Fsp3) is 0.818. The van der Waals surface area contributed by atoms with Gasteiger partial charge < -0.3 is 32.1 Å². The van der Waals surface area contributed by atoms with E-state index in [1.807, 2.05) is 27.7 Å². The van der Waals surface area contributed by atoms with Crippen molar-refractivity contribution in [3.63, 3.8) is 0 Å². The summed E-state index contributed by atoms with van der Waals surface area (Å²) in [4.78, 5) is 49.9. The van der Waals surface area contributed by atoms with Crippen LogP contribution in [0.1, 0.15) is 66.2 Å². The Balaban J connectivity index is 2.88. The standard InChI is InChI=1S/C22H41N5O5/c1-13(2)12-17(22(31)32)26-20(29)16(8-5-6-10-23)25-21(30)18(14(3)4)27-19(28)15-9-7-11-24-15/h13-18,24H,5-12,23H2,1-4H3,(H,25,30)(H,26,29)(H,27,28)(H,31,32). The number of amides is 3. The summed E-state index contributed by atoms with van der Waals surface area (Å²) in [5.41, 5.74) is 5.55. The lowest BCUT2D eigenvalue weighted by atomic mass is 10.0. The summed E-state index contributed by atoms with van der Waals surface area (Å²) in [6, 6.07) is -3.07. The Morgan fingerprint density at radius 1 is 1.00 bits per heavy atom. The Morgan fingerprint density at radius 2 is 1.66 bits per heavy atom. The van der Waals surface area contributed by atoms with Gasteiger partial charge >= 0.3 is 5.97 Å². The van der Waals surface area contributed by atoms with Crippen molar-refractivity contribution < 1.29 is 24.3 Å². The van der Waals surface area contributed by atoms with Crippen LogP contribution in [0.2, 0.25) is 0 Å². The Morgan fingerprint density at radius 3 is 2.16 bits per heavy atom. The summed E-state index contributed by atoms with van der Waals surface area (Å²) in [7, 11) is 0. The van der Waals surface area contributed by atoms with E-state index in [4.69, 9.17) is 5.73 Å². The third-order valence-corrected chi connectivity index (χ3v) is 5.53. The van der Waals surface area contributed by atoms with Crippen molar-refractivity contribution in [1.29, 1.82) is 0 Å². The highest BCUT2D eigenvalue weighted by Crippen LogP contribution is 2.10. The van der Waals surface area contributed by atoms with Crippen molar-refractivity contribution in [2.75, 3.05) is 13.1 Å². The van der Waals surface area contributed by atoms with Gasteiger partial charge in [-0.15, -0.1) is 0 Å². The normalized spacial score (nSPS) is 18.8. The molecule has 184 valence electrons. The number of hydrogen-bond donors (Lipinski definition) is 6. The molecule has 4 unspecified atom stereocenters. The minimum absolute atomic E-state index is 0.0754. The largest absolute Gasteiger partial charge is 0.480 e. The van der Waals surface area contributed by atoms with Crippen molar-refractivity contribution in [2.24, 2.45) is 17.6 Å². The molecule has 0 radical (unpaired) electrons. The molecule has 1 aliphatic heterocycles. The number of carboxylic acid groups (broad SMARTS) is 1. The van der Waals surface area contributed by atoms with E-state index in [1.54, 1.807) is 0 Å². The molecule has 0 spiro atoms. The number of nitrogens with two attached hydrogens (primary N) is 1. The van der Waals surface area contributed by atoms with Crippen molar-refractivity contribution in [3.8, 4) is 0 Å². The number of unbranched alkanes of at least 4 members (excludes halogenated alkanes) is 1. The van der Waals surface area contributed by atoms with Crippen LogP contribution in [0.5, 0.6) is 0 Å². The molecular weight excluding hydrogens is 414 g/mol. The Labute approximate surface area is 190 Å². The minimum atomic E-state index is -1.12. The van der Waals surface area contributed by atoms with E-state index < -0.39 is 35.9 Å². The van der Waals surface area contributed by atoms with E-state index in [0.29, 0.717) is 25.8 Å². The molecular formula is C22H41N5O5. The van der Waals surface area contributed by atoms with E-state index >= 15 is 0 Å². The van der Waals surface area contributed by atoms with Gasteiger partial charge in [-0.25, -0.2) is 4.79 Å². The number of nitrogens with one attached hydrogen (secondary N) is 4. The molecule has 3 amide bonds. The van der Waals surface area contributed by atoms with Gasteiger partial charge in [-0.1, -0.05) is 27.7 Å². The second kappa shape index (κ2) is 14.1. The first-order valence-corrected chi connectivity index (χ1v) is 11.6. The van der Waals surface area contributed by atoms with E-state index in [9.17, 15) is 24.3 Å². The molecule has 1 rings (SSSR count). The second-order valence-corrected chi connectivity index (χ2v) is 9.25. The molecule has 0 aromatic carbocycles. The lowest BCUT2D eigenvalue weighted by Gasteiger charge is -2.27. The van der Waals surface area contributed by atoms with Crippen LogP contribution in [0.4, 0.5) is 0 Å². The quantitative estimate of drug-likeness (QED) is 0.202. The summed E-state index contributed by atoms with van der Waals surface area (Å²) < 4.78 is 0. The molecule has 1 saturated heterocycles. The fourth-order valence-electron chi connectivity index (χ4n) is 3.69. The average Bonchev–Trinajstić information content (AvgIpc) is 3.24. The van der Waals surface area contributed by atoms with Crippen LogP contribution >= 0.6 is 0 Å². The fourth-order valence-corrected chi connectivity index (χ4v) is 3.69. The molecule has 1 fully saturated rings. The van der Waals surface area contributed by atoms with Gasteiger partial charge in [0.25, 0.3) is 0 Å². The highest BCUT2D eigenvalue weighted by atomic mass is 16.4. The summed E-state index contributed by atoms with van der Waals surface area (Å²) >= 11 is 0. The molecule has 32 heavy (non-hydrogen) atoms. The van der Waals surface area contributed by atoms with Crippen molar-refractivity contribution in [1.82, 2.24) is 21.3 Å². The maximum absolute atomic E-state index is 13.0. The molecule has 1 heterocycles. The van der Waals surface area contributed by atoms with Crippen molar-refractivity contribution >= 4 is 23.7 Å². The first-order valence-electron chi connectivity index (χ1n) is 11.6. The number of aliphatic carboxylic acids is 1. The summed E-state index contributed by atoms with van der Waals surface area (Å²) in [5, 5.41) is 20.6. The highest BCUT2D eigenvalue weighted by Gasteiger charge is 2.32. The lowest BCUT2D eigenvalue weighted by Crippen LogP contribution is -2.58. The molecule has 0 aromatic rings. The van der Waals surface area contributed by atoms with Gasteiger partial charge in [0.1, 0.15) is 18.1 Å². The molecule has 10 nitrogen and oxygen atoms in total. The van der Waals surface area contributed by atoms with Crippen molar-refractivity contribution in [3.05, 3.63) is 0 Å². The van der Waals surface area contributed by atoms with Gasteiger partial charge in [0.15, 0.2) is 0 Å². The number of carbonyl (C=O) groups is 4. The smallest absolute Gasteiger partial charge is 0.326 e. The predicted octanol–water partition coefficient (Wildman–Crippen LogP) is 0.109. The molecule has 0 saturated carbocycles. The second-order valence-electron chi connectivity index (χ2n) is 9.25. The van der Waals surface area contributed by atoms with Crippen LogP contribution in [0.25, 0.3) is 0 Å². The zero-order valence-corrected chi connectivity index (χ0v) is 19.8. The van der Waals surface area contributed by atoms with E-state index in [-0.39, 0.29) is 30.2 Å². The van der Waals surface area contributed by atoms with Gasteiger partial charge in [-0.2, -0.15) is 0 Å². The number of rotatable bonds is 14. The maximum atomic E-state index is 13.0. The molecule has 7 N–H and O–H groups in total. The molecule has 0 bridgehead atoms. The molecule has 0 aromatic heterocycles. The van der Waals surface area contributed by atoms with Gasteiger partial charge in [-0.3, -0.25) is 14.4 Å². The van der Waals surface area contributed by atoms with E-state index in [2.05, 4.69) is 21.3 Å². The van der Waals surface area contributed by atoms with Crippen molar-refractivity contribution in [2.45, 2.75) is 90.4 Å². The van der Waals surface area contributed by atoms with Crippen LogP contribution < -0.4 is 27.0 Å². The van der Waals surface area contributed by atoms with E-state index in [1.165, 1.54) is 0 Å². The number of hydrogen-bond acceptors (Lipinski definition) is 6. The molecule has 4 atom stereocenters. The van der Waals surface area contributed by atoms with Gasteiger partial charge in [0.05, 0.1) is 6.04 Å². The third-order valence-electron chi connectivity index (χ3n) is 5.53. The Kier molecular flexibility index (Phi) is 12.2. The molecule has 1 aliphatic rings. The Hall–Kier alpha value is -2.20. The molecule has 10 heteroatoms. The van der Waals surface area contributed by atoms with Crippen LogP contribution in [0, 0.1) is 11.8 Å². The summed E-state index contributed by atoms with van der Waals surface area (Å²) in [6.45, 7) is 8.60. The first kappa shape index (κ1) is 27.8. The first-order chi connectivity index (χ1) is 15.1. The number of carboxylic acids is 1. The number of carbonyl (C=O) groups excluding carboxylic acids is 3. The Bertz CT molecular complexity index is 634. The third kappa shape index (κ3) is 9.52. The lowest BCUT2D eigenvalue weighted by molar-refractivity contribution is -0.143. The van der Waals surface area contributed by atoms with Gasteiger partial charge in [0, 0.05) is 0 Å². The average molecular weight is 456 g/mol. The zero-order valence-electron chi connectivity index (χ0n) is 19.8. The van der Waals surface area contributed by atoms with Crippen LogP contribution in [-0.2, 0) is 19.2 Å². The summed E-state index contributed by atoms with van der Waals surface area (Å²) in [6.07, 6.45) is 3.50. The maximum Gasteiger partial charge on any atom is 0.326 e. The highest BCUT2D eigenvalue weighted by molar-refractivity contribution is 5.94. The topological polar surface area (TPSA) is 163 Å². The monoisotopic (exact) mass is 455 g/mol. The van der Waals surface area contributed by atoms with Crippen LogP contribution in [0.3, 0.4) is 0 Å². The van der Waals surface area contributed by atoms with Crippen LogP contribution in [0.15, 0.2) is 0 Å². The van der Waals surface area contributed by atoms with Crippen LogP contribution in [-0.4, -0.2) is 66.1 Å². The summed E-state index contributed by atoms with van der Waals surface area (Å²) in [5.74, 6) is -2.48. The van der Waals surface area contributed by atoms with E-state index in [0.717, 1.165) is 19.4 Å². The van der Waals surface area contributed by atoms with Gasteiger partial charge in [0.2, 0.25) is 17.7 Å².